The maximum Gasteiger partial charge on any atom is 0.378 e. The number of alkyl halides is 2. The van der Waals surface area contributed by atoms with E-state index in [1.54, 1.807) is 12.2 Å². The summed E-state index contributed by atoms with van der Waals surface area (Å²) >= 11 is 14.6. The van der Waals surface area contributed by atoms with E-state index in [1.807, 2.05) is 26.8 Å². The molecule has 6 nitrogen and oxygen atoms in total. The van der Waals surface area contributed by atoms with Crippen LogP contribution in [-0.4, -0.2) is 46.5 Å². The predicted octanol–water partition coefficient (Wildman–Crippen LogP) is 4.16. The summed E-state index contributed by atoms with van der Waals surface area (Å²) in [7, 11) is 1.14. The molecule has 0 N–H and O–H groups in total. The molecule has 0 aromatic rings. The summed E-state index contributed by atoms with van der Waals surface area (Å²) in [5.74, 6) is -3.26. The minimum Gasteiger partial charge on any atom is -0.463 e. The molecule has 0 unspecified atom stereocenters. The molecule has 0 radical (unpaired) electrons. The van der Waals surface area contributed by atoms with E-state index >= 15 is 0 Å². The number of halogens is 2. The van der Waals surface area contributed by atoms with Gasteiger partial charge in [-0.2, -0.15) is 0 Å². The number of ketones is 2. The van der Waals surface area contributed by atoms with Crippen LogP contribution in [0.15, 0.2) is 23.8 Å². The lowest BCUT2D eigenvalue weighted by atomic mass is 9.46. The van der Waals surface area contributed by atoms with Crippen molar-refractivity contribution < 1.29 is 28.7 Å². The molecule has 4 rings (SSSR count). The first-order valence-electron chi connectivity index (χ1n) is 11.4. The maximum absolute atomic E-state index is 13.5. The minimum atomic E-state index is -1.68. The maximum atomic E-state index is 13.5. The van der Waals surface area contributed by atoms with Crippen molar-refractivity contribution in [2.45, 2.75) is 69.2 Å². The van der Waals surface area contributed by atoms with Crippen molar-refractivity contribution in [3.63, 3.8) is 0 Å². The largest absolute Gasteiger partial charge is 0.463 e. The summed E-state index contributed by atoms with van der Waals surface area (Å²) in [4.78, 5) is 49.4. The van der Waals surface area contributed by atoms with Gasteiger partial charge in [0.1, 0.15) is 0 Å². The van der Waals surface area contributed by atoms with E-state index in [9.17, 15) is 19.2 Å². The Hall–Kier alpha value is -1.66. The first-order chi connectivity index (χ1) is 15.3. The zero-order valence-electron chi connectivity index (χ0n) is 19.6. The van der Waals surface area contributed by atoms with E-state index in [2.05, 4.69) is 0 Å². The van der Waals surface area contributed by atoms with Crippen LogP contribution < -0.4 is 0 Å². The molecule has 33 heavy (non-hydrogen) atoms. The highest BCUT2D eigenvalue weighted by Gasteiger charge is 2.77. The van der Waals surface area contributed by atoms with E-state index < -0.39 is 50.3 Å². The van der Waals surface area contributed by atoms with Gasteiger partial charge in [-0.25, -0.2) is 4.79 Å². The number of rotatable bonds is 3. The lowest BCUT2D eigenvalue weighted by molar-refractivity contribution is -0.195. The second-order valence-corrected chi connectivity index (χ2v) is 11.7. The molecular formula is C25H30Cl2O6. The number of fused-ring (bicyclic) bond motifs is 5. The van der Waals surface area contributed by atoms with E-state index in [4.69, 9.17) is 32.7 Å². The summed E-state index contributed by atoms with van der Waals surface area (Å²) in [6.45, 7) is 6.99. The fraction of sp³-hybridized carbons (Fsp3) is 0.680. The third-order valence-corrected chi connectivity index (χ3v) is 10.7. The first kappa shape index (κ1) is 24.5. The Bertz CT molecular complexity index is 1000. The molecule has 0 heterocycles. The fourth-order valence-corrected chi connectivity index (χ4v) is 8.92. The molecule has 8 atom stereocenters. The molecule has 0 aromatic carbocycles. The van der Waals surface area contributed by atoms with Crippen LogP contribution in [0.4, 0.5) is 0 Å². The summed E-state index contributed by atoms with van der Waals surface area (Å²) in [6, 6.07) is 0. The number of carbonyl (C=O) groups excluding carboxylic acids is 4. The van der Waals surface area contributed by atoms with Crippen molar-refractivity contribution in [1.29, 1.82) is 0 Å². The third kappa shape index (κ3) is 2.92. The number of esters is 2. The Morgan fingerprint density at radius 3 is 2.45 bits per heavy atom. The smallest absolute Gasteiger partial charge is 0.378 e. The Balaban J connectivity index is 1.87. The standard InChI is InChI=1S/C25H30Cl2O6/c1-13-10-18-17-7-6-15-11-16(29)8-9-22(15,3)24(17,27)19(26)12-23(18,4)25(13,33-14(2)28)20(30)21(31)32-5/h8-9,11,13,17-19H,6-7,10,12H2,1-5H3/t13-,17+,18+,19+,22+,23+,24+,25+/m1/s1. The van der Waals surface area contributed by atoms with Crippen LogP contribution in [0.5, 0.6) is 0 Å². The molecule has 3 fully saturated rings. The summed E-state index contributed by atoms with van der Waals surface area (Å²) in [5, 5.41) is -0.609. The quantitative estimate of drug-likeness (QED) is 0.331. The lowest BCUT2D eigenvalue weighted by Crippen LogP contribution is -2.68. The first-order valence-corrected chi connectivity index (χ1v) is 12.2. The zero-order chi connectivity index (χ0) is 24.6. The van der Waals surface area contributed by atoms with Crippen molar-refractivity contribution in [2.75, 3.05) is 7.11 Å². The monoisotopic (exact) mass is 496 g/mol. The van der Waals surface area contributed by atoms with Gasteiger partial charge < -0.3 is 9.47 Å². The normalized spacial score (nSPS) is 45.9. The number of allylic oxidation sites excluding steroid dienone is 4. The topological polar surface area (TPSA) is 86.7 Å². The van der Waals surface area contributed by atoms with Crippen molar-refractivity contribution >= 4 is 46.7 Å². The van der Waals surface area contributed by atoms with Crippen LogP contribution in [0.3, 0.4) is 0 Å². The van der Waals surface area contributed by atoms with Gasteiger partial charge in [0.25, 0.3) is 5.78 Å². The number of hydrogen-bond acceptors (Lipinski definition) is 6. The van der Waals surface area contributed by atoms with Crippen LogP contribution in [0.2, 0.25) is 0 Å². The molecule has 0 aliphatic heterocycles. The fourth-order valence-electron chi connectivity index (χ4n) is 7.68. The minimum absolute atomic E-state index is 0.0556. The lowest BCUT2D eigenvalue weighted by Gasteiger charge is -2.64. The highest BCUT2D eigenvalue weighted by Crippen LogP contribution is 2.72. The molecule has 4 aliphatic rings. The van der Waals surface area contributed by atoms with E-state index in [0.717, 1.165) is 12.7 Å². The van der Waals surface area contributed by atoms with E-state index in [1.165, 1.54) is 6.92 Å². The summed E-state index contributed by atoms with van der Waals surface area (Å²) in [6.07, 6.45) is 7.27. The molecule has 3 saturated carbocycles. The number of Topliss-reactive ketones (excluding diaryl/α,β-unsaturated/α-hetero) is 1. The Morgan fingerprint density at radius 2 is 1.85 bits per heavy atom. The van der Waals surface area contributed by atoms with Gasteiger partial charge in [0, 0.05) is 23.7 Å². The summed E-state index contributed by atoms with van der Waals surface area (Å²) in [5.41, 5.74) is -2.25. The number of methoxy groups -OCH3 is 1. The highest BCUT2D eigenvalue weighted by atomic mass is 35.5. The van der Waals surface area contributed by atoms with Crippen molar-refractivity contribution in [2.24, 2.45) is 28.6 Å². The van der Waals surface area contributed by atoms with Gasteiger partial charge >= 0.3 is 11.9 Å². The SMILES string of the molecule is COC(=O)C(=O)[C@@]1(OC(C)=O)[C@H](C)C[C@H]2[C@@H]3CCC4=CC(=O)C=C[C@]4(C)[C@@]3(Cl)[C@@H](Cl)C[C@@]21C. The van der Waals surface area contributed by atoms with Gasteiger partial charge in [-0.1, -0.05) is 32.4 Å². The summed E-state index contributed by atoms with van der Waals surface area (Å²) < 4.78 is 10.6. The number of hydrogen-bond donors (Lipinski definition) is 0. The molecule has 180 valence electrons. The third-order valence-electron chi connectivity index (χ3n) is 9.15. The average molecular weight is 497 g/mol. The van der Waals surface area contributed by atoms with Crippen molar-refractivity contribution in [3.05, 3.63) is 23.8 Å². The predicted molar refractivity (Wildman–Crippen MR) is 123 cm³/mol. The van der Waals surface area contributed by atoms with Gasteiger partial charge in [0.15, 0.2) is 11.4 Å². The Labute approximate surface area is 204 Å². The number of ether oxygens (including phenoxy) is 2. The van der Waals surface area contributed by atoms with Crippen LogP contribution in [0.1, 0.15) is 53.4 Å². The molecule has 0 aromatic heterocycles. The van der Waals surface area contributed by atoms with Crippen molar-refractivity contribution in [3.8, 4) is 0 Å². The van der Waals surface area contributed by atoms with Crippen molar-refractivity contribution in [1.82, 2.24) is 0 Å². The van der Waals surface area contributed by atoms with Crippen LogP contribution >= 0.6 is 23.2 Å². The average Bonchev–Trinajstić information content (AvgIpc) is 2.95. The second kappa shape index (κ2) is 7.67. The zero-order valence-corrected chi connectivity index (χ0v) is 21.1. The van der Waals surface area contributed by atoms with E-state index in [-0.39, 0.29) is 24.0 Å². The van der Waals surface area contributed by atoms with Crippen LogP contribution in [-0.2, 0) is 28.7 Å². The van der Waals surface area contributed by atoms with E-state index in [0.29, 0.717) is 19.3 Å². The van der Waals surface area contributed by atoms with Gasteiger partial charge in [-0.05, 0) is 49.7 Å². The highest BCUT2D eigenvalue weighted by molar-refractivity contribution is 6.38. The van der Waals surface area contributed by atoms with Crippen LogP contribution in [0.25, 0.3) is 0 Å². The molecule has 0 bridgehead atoms. The molecule has 4 aliphatic carbocycles. The Kier molecular flexibility index (Phi) is 5.69. The molecular weight excluding hydrogens is 467 g/mol. The second-order valence-electron chi connectivity index (χ2n) is 10.5. The van der Waals surface area contributed by atoms with Crippen LogP contribution in [0, 0.1) is 28.6 Å². The molecule has 0 amide bonds. The van der Waals surface area contributed by atoms with Gasteiger partial charge in [0.2, 0.25) is 0 Å². The van der Waals surface area contributed by atoms with Gasteiger partial charge in [-0.15, -0.1) is 23.2 Å². The van der Waals surface area contributed by atoms with Gasteiger partial charge in [-0.3, -0.25) is 14.4 Å². The van der Waals surface area contributed by atoms with Gasteiger partial charge in [0.05, 0.1) is 17.4 Å². The molecule has 0 saturated heterocycles. The Morgan fingerprint density at radius 1 is 1.18 bits per heavy atom. The molecule has 0 spiro atoms. The molecule has 8 heteroatoms. The number of carbonyl (C=O) groups is 4.